The van der Waals surface area contributed by atoms with E-state index in [-0.39, 0.29) is 6.04 Å². The van der Waals surface area contributed by atoms with Gasteiger partial charge in [0, 0.05) is 11.6 Å². The summed E-state index contributed by atoms with van der Waals surface area (Å²) in [5.74, 6) is 0. The fraction of sp³-hybridized carbons (Fsp3) is 0.250. The summed E-state index contributed by atoms with van der Waals surface area (Å²) in [6, 6.07) is 9.26. The third kappa shape index (κ3) is 1.84. The summed E-state index contributed by atoms with van der Waals surface area (Å²) in [6.45, 7) is 1.69. The summed E-state index contributed by atoms with van der Waals surface area (Å²) in [7, 11) is 0. The number of hydrogen-bond donors (Lipinski definition) is 2. The van der Waals surface area contributed by atoms with Gasteiger partial charge in [0.25, 0.3) is 0 Å². The quantitative estimate of drug-likeness (QED) is 0.778. The minimum Gasteiger partial charge on any atom is -0.391 e. The monoisotopic (exact) mass is 202 g/mol. The van der Waals surface area contributed by atoms with Gasteiger partial charge in [0.1, 0.15) is 0 Å². The minimum atomic E-state index is -0.559. The normalized spacial score (nSPS) is 15.1. The topological polar surface area (TPSA) is 59.1 Å². The van der Waals surface area contributed by atoms with Crippen LogP contribution in [-0.2, 0) is 0 Å². The van der Waals surface area contributed by atoms with Crippen molar-refractivity contribution in [2.24, 2.45) is 5.73 Å². The zero-order valence-corrected chi connectivity index (χ0v) is 8.59. The molecule has 0 radical (unpaired) electrons. The van der Waals surface area contributed by atoms with Crippen molar-refractivity contribution >= 4 is 10.9 Å². The van der Waals surface area contributed by atoms with E-state index in [0.29, 0.717) is 0 Å². The van der Waals surface area contributed by atoms with E-state index in [1.165, 1.54) is 0 Å². The Balaban J connectivity index is 2.60. The van der Waals surface area contributed by atoms with Crippen LogP contribution in [0.25, 0.3) is 10.9 Å². The van der Waals surface area contributed by atoms with Crippen LogP contribution in [0.2, 0.25) is 0 Å². The maximum Gasteiger partial charge on any atom is 0.0705 e. The predicted molar refractivity (Wildman–Crippen MR) is 60.4 cm³/mol. The van der Waals surface area contributed by atoms with Crippen LogP contribution in [0, 0.1) is 0 Å². The third-order valence-corrected chi connectivity index (χ3v) is 2.56. The van der Waals surface area contributed by atoms with Crippen molar-refractivity contribution in [3.05, 3.63) is 42.1 Å². The Morgan fingerprint density at radius 3 is 2.80 bits per heavy atom. The molecule has 2 aromatic rings. The summed E-state index contributed by atoms with van der Waals surface area (Å²) in [4.78, 5) is 4.25. The van der Waals surface area contributed by atoms with Gasteiger partial charge in [0.2, 0.25) is 0 Å². The Labute approximate surface area is 88.6 Å². The molecule has 0 bridgehead atoms. The van der Waals surface area contributed by atoms with Gasteiger partial charge < -0.3 is 10.8 Å². The first-order valence-corrected chi connectivity index (χ1v) is 4.97. The second-order valence-corrected chi connectivity index (χ2v) is 3.68. The van der Waals surface area contributed by atoms with Gasteiger partial charge in [0.15, 0.2) is 0 Å². The first-order valence-electron chi connectivity index (χ1n) is 4.97. The number of aromatic nitrogens is 1. The van der Waals surface area contributed by atoms with Crippen molar-refractivity contribution in [3.63, 3.8) is 0 Å². The first-order chi connectivity index (χ1) is 7.20. The van der Waals surface area contributed by atoms with Crippen molar-refractivity contribution in [2.45, 2.75) is 19.1 Å². The molecule has 78 valence electrons. The van der Waals surface area contributed by atoms with Crippen LogP contribution in [0.3, 0.4) is 0 Å². The highest BCUT2D eigenvalue weighted by molar-refractivity contribution is 5.82. The lowest BCUT2D eigenvalue weighted by Crippen LogP contribution is -2.23. The molecule has 2 rings (SSSR count). The molecular weight excluding hydrogens is 188 g/mol. The molecule has 0 spiro atoms. The van der Waals surface area contributed by atoms with Crippen LogP contribution >= 0.6 is 0 Å². The van der Waals surface area contributed by atoms with E-state index in [1.54, 1.807) is 13.1 Å². The van der Waals surface area contributed by atoms with Crippen LogP contribution in [0.4, 0.5) is 0 Å². The largest absolute Gasteiger partial charge is 0.391 e. The smallest absolute Gasteiger partial charge is 0.0705 e. The molecule has 1 aromatic carbocycles. The van der Waals surface area contributed by atoms with E-state index in [0.717, 1.165) is 16.5 Å². The summed E-state index contributed by atoms with van der Waals surface area (Å²) in [6.07, 6.45) is 1.19. The molecule has 15 heavy (non-hydrogen) atoms. The summed E-state index contributed by atoms with van der Waals surface area (Å²) < 4.78 is 0. The second-order valence-electron chi connectivity index (χ2n) is 3.68. The zero-order chi connectivity index (χ0) is 10.8. The van der Waals surface area contributed by atoms with E-state index in [9.17, 15) is 5.11 Å². The number of aliphatic hydroxyl groups excluding tert-OH is 1. The zero-order valence-electron chi connectivity index (χ0n) is 8.59. The number of aliphatic hydroxyl groups is 1. The molecule has 0 aliphatic heterocycles. The molecule has 0 saturated heterocycles. The molecule has 1 heterocycles. The van der Waals surface area contributed by atoms with Crippen LogP contribution in [0.1, 0.15) is 18.5 Å². The van der Waals surface area contributed by atoms with Crippen molar-refractivity contribution < 1.29 is 5.11 Å². The molecule has 3 N–H and O–H groups in total. The van der Waals surface area contributed by atoms with Gasteiger partial charge in [-0.2, -0.15) is 0 Å². The molecule has 1 aromatic heterocycles. The maximum atomic E-state index is 9.49. The van der Waals surface area contributed by atoms with Gasteiger partial charge in [-0.05, 0) is 24.6 Å². The van der Waals surface area contributed by atoms with Crippen LogP contribution in [-0.4, -0.2) is 16.2 Å². The highest BCUT2D eigenvalue weighted by Gasteiger charge is 2.14. The number of fused-ring (bicyclic) bond motifs is 1. The molecule has 0 amide bonds. The molecule has 0 unspecified atom stereocenters. The highest BCUT2D eigenvalue weighted by Crippen LogP contribution is 2.23. The number of pyridine rings is 1. The Bertz CT molecular complexity index is 463. The Morgan fingerprint density at radius 2 is 2.07 bits per heavy atom. The van der Waals surface area contributed by atoms with Crippen molar-refractivity contribution in [1.82, 2.24) is 4.98 Å². The van der Waals surface area contributed by atoms with Gasteiger partial charge in [0.05, 0.1) is 17.7 Å². The standard InChI is InChI=1S/C12H14N2O/c1-8(15)12(13)10-4-2-6-11-9(10)5-3-7-14-11/h2-8,12,15H,13H2,1H3/t8-,12+/m1/s1. The summed E-state index contributed by atoms with van der Waals surface area (Å²) in [5, 5.41) is 10.5. The molecule has 0 aliphatic carbocycles. The van der Waals surface area contributed by atoms with Gasteiger partial charge in [-0.1, -0.05) is 18.2 Å². The van der Waals surface area contributed by atoms with E-state index in [1.807, 2.05) is 30.3 Å². The second kappa shape index (κ2) is 3.96. The van der Waals surface area contributed by atoms with Crippen LogP contribution < -0.4 is 5.73 Å². The lowest BCUT2D eigenvalue weighted by molar-refractivity contribution is 0.165. The number of rotatable bonds is 2. The average molecular weight is 202 g/mol. The van der Waals surface area contributed by atoms with Crippen molar-refractivity contribution in [1.29, 1.82) is 0 Å². The summed E-state index contributed by atoms with van der Waals surface area (Å²) >= 11 is 0. The lowest BCUT2D eigenvalue weighted by atomic mass is 9.99. The van der Waals surface area contributed by atoms with Gasteiger partial charge >= 0.3 is 0 Å². The minimum absolute atomic E-state index is 0.363. The SMILES string of the molecule is C[C@@H](O)[C@H](N)c1cccc2ncccc12. The van der Waals surface area contributed by atoms with Gasteiger partial charge in [-0.25, -0.2) is 0 Å². The first kappa shape index (κ1) is 10.1. The van der Waals surface area contributed by atoms with Crippen molar-refractivity contribution in [3.8, 4) is 0 Å². The van der Waals surface area contributed by atoms with Crippen LogP contribution in [0.15, 0.2) is 36.5 Å². The molecular formula is C12H14N2O. The van der Waals surface area contributed by atoms with Crippen LogP contribution in [0.5, 0.6) is 0 Å². The molecule has 2 atom stereocenters. The fourth-order valence-corrected chi connectivity index (χ4v) is 1.68. The molecule has 3 heteroatoms. The maximum absolute atomic E-state index is 9.49. The Hall–Kier alpha value is -1.45. The third-order valence-electron chi connectivity index (χ3n) is 2.56. The molecule has 0 fully saturated rings. The summed E-state index contributed by atoms with van der Waals surface area (Å²) in [5.41, 5.74) is 7.77. The van der Waals surface area contributed by atoms with Gasteiger partial charge in [-0.15, -0.1) is 0 Å². The fourth-order valence-electron chi connectivity index (χ4n) is 1.68. The molecule has 0 saturated carbocycles. The van der Waals surface area contributed by atoms with E-state index < -0.39 is 6.10 Å². The lowest BCUT2D eigenvalue weighted by Gasteiger charge is -2.16. The number of nitrogens with two attached hydrogens (primary N) is 1. The number of nitrogens with zero attached hydrogens (tertiary/aromatic N) is 1. The molecule has 0 aliphatic rings. The molecule has 3 nitrogen and oxygen atoms in total. The highest BCUT2D eigenvalue weighted by atomic mass is 16.3. The van der Waals surface area contributed by atoms with E-state index in [2.05, 4.69) is 4.98 Å². The van der Waals surface area contributed by atoms with E-state index >= 15 is 0 Å². The average Bonchev–Trinajstić information content (AvgIpc) is 2.27. The predicted octanol–water partition coefficient (Wildman–Crippen LogP) is 1.62. The Kier molecular flexibility index (Phi) is 2.66. The Morgan fingerprint density at radius 1 is 1.27 bits per heavy atom. The number of hydrogen-bond acceptors (Lipinski definition) is 3. The van der Waals surface area contributed by atoms with Gasteiger partial charge in [-0.3, -0.25) is 4.98 Å². The number of benzene rings is 1. The van der Waals surface area contributed by atoms with E-state index in [4.69, 9.17) is 5.73 Å². The van der Waals surface area contributed by atoms with Crippen molar-refractivity contribution in [2.75, 3.05) is 0 Å².